The zero-order valence-electron chi connectivity index (χ0n) is 8.56. The standard InChI is InChI=1S/C11H14N4/c1-2-4-11-10(3-1)9-13-15(11)14-7-5-12-6-8-14/h1-4,9,12H,5-8H2. The van der Waals surface area contributed by atoms with Crippen molar-refractivity contribution < 1.29 is 0 Å². The summed E-state index contributed by atoms with van der Waals surface area (Å²) in [6.07, 6.45) is 1.93. The molecule has 1 fully saturated rings. The molecule has 1 aliphatic heterocycles. The molecule has 1 N–H and O–H groups in total. The number of hydrogen-bond donors (Lipinski definition) is 1. The molecule has 0 radical (unpaired) electrons. The van der Waals surface area contributed by atoms with E-state index >= 15 is 0 Å². The fourth-order valence-electron chi connectivity index (χ4n) is 2.03. The van der Waals surface area contributed by atoms with Crippen molar-refractivity contribution in [3.8, 4) is 0 Å². The minimum absolute atomic E-state index is 1.02. The van der Waals surface area contributed by atoms with Crippen LogP contribution in [0.1, 0.15) is 0 Å². The van der Waals surface area contributed by atoms with Crippen LogP contribution in [-0.2, 0) is 0 Å². The van der Waals surface area contributed by atoms with E-state index in [-0.39, 0.29) is 0 Å². The Morgan fingerprint density at radius 2 is 1.93 bits per heavy atom. The second kappa shape index (κ2) is 3.55. The van der Waals surface area contributed by atoms with E-state index in [4.69, 9.17) is 0 Å². The Morgan fingerprint density at radius 3 is 2.80 bits per heavy atom. The molecule has 0 atom stereocenters. The first-order chi connectivity index (χ1) is 7.45. The van der Waals surface area contributed by atoms with Gasteiger partial charge in [-0.15, -0.1) is 0 Å². The predicted molar refractivity (Wildman–Crippen MR) is 60.6 cm³/mol. The Kier molecular flexibility index (Phi) is 2.07. The summed E-state index contributed by atoms with van der Waals surface area (Å²) in [5, 5.41) is 11.3. The van der Waals surface area contributed by atoms with Crippen LogP contribution in [-0.4, -0.2) is 36.1 Å². The summed E-state index contributed by atoms with van der Waals surface area (Å²) in [5.74, 6) is 0. The molecule has 1 aliphatic rings. The second-order valence-electron chi connectivity index (χ2n) is 3.80. The number of para-hydroxylation sites is 1. The van der Waals surface area contributed by atoms with Crippen LogP contribution in [0.25, 0.3) is 10.9 Å². The van der Waals surface area contributed by atoms with Gasteiger partial charge in [0.1, 0.15) is 0 Å². The minimum Gasteiger partial charge on any atom is -0.313 e. The highest BCUT2D eigenvalue weighted by molar-refractivity contribution is 5.78. The summed E-state index contributed by atoms with van der Waals surface area (Å²) < 4.78 is 0. The lowest BCUT2D eigenvalue weighted by Gasteiger charge is -2.29. The summed E-state index contributed by atoms with van der Waals surface area (Å²) in [6, 6.07) is 8.32. The van der Waals surface area contributed by atoms with Crippen molar-refractivity contribution in [2.24, 2.45) is 0 Å². The van der Waals surface area contributed by atoms with Gasteiger partial charge in [-0.05, 0) is 6.07 Å². The van der Waals surface area contributed by atoms with Crippen molar-refractivity contribution in [3.63, 3.8) is 0 Å². The van der Waals surface area contributed by atoms with Gasteiger partial charge in [0.15, 0.2) is 0 Å². The van der Waals surface area contributed by atoms with E-state index in [0.29, 0.717) is 0 Å². The Hall–Kier alpha value is -1.55. The first kappa shape index (κ1) is 8.73. The smallest absolute Gasteiger partial charge is 0.0920 e. The lowest BCUT2D eigenvalue weighted by Crippen LogP contribution is -2.49. The van der Waals surface area contributed by atoms with Crippen LogP contribution >= 0.6 is 0 Å². The maximum atomic E-state index is 4.43. The molecule has 0 unspecified atom stereocenters. The first-order valence-corrected chi connectivity index (χ1v) is 5.34. The Labute approximate surface area is 88.5 Å². The number of nitrogens with one attached hydrogen (secondary N) is 1. The summed E-state index contributed by atoms with van der Waals surface area (Å²) in [5.41, 5.74) is 1.19. The van der Waals surface area contributed by atoms with Crippen molar-refractivity contribution in [1.82, 2.24) is 15.2 Å². The number of aromatic nitrogens is 2. The molecule has 1 aromatic heterocycles. The number of fused-ring (bicyclic) bond motifs is 1. The van der Waals surface area contributed by atoms with Gasteiger partial charge in [-0.3, -0.25) is 5.01 Å². The highest BCUT2D eigenvalue weighted by Gasteiger charge is 2.12. The largest absolute Gasteiger partial charge is 0.313 e. The van der Waals surface area contributed by atoms with Gasteiger partial charge in [-0.1, -0.05) is 18.2 Å². The van der Waals surface area contributed by atoms with Crippen LogP contribution in [0.15, 0.2) is 30.5 Å². The van der Waals surface area contributed by atoms with Crippen molar-refractivity contribution in [3.05, 3.63) is 30.5 Å². The molecule has 3 rings (SSSR count). The SMILES string of the molecule is c1ccc2c(c1)cnn2N1CCNCC1. The molecule has 0 amide bonds. The van der Waals surface area contributed by atoms with Crippen molar-refractivity contribution in [1.29, 1.82) is 0 Å². The van der Waals surface area contributed by atoms with Gasteiger partial charge in [0.05, 0.1) is 11.7 Å². The normalized spacial score (nSPS) is 17.2. The molecule has 0 aliphatic carbocycles. The highest BCUT2D eigenvalue weighted by Crippen LogP contribution is 2.12. The summed E-state index contributed by atoms with van der Waals surface area (Å²) in [7, 11) is 0. The minimum atomic E-state index is 1.02. The van der Waals surface area contributed by atoms with Crippen LogP contribution in [0, 0.1) is 0 Å². The van der Waals surface area contributed by atoms with Crippen LogP contribution < -0.4 is 10.3 Å². The average molecular weight is 202 g/mol. The third-order valence-corrected chi connectivity index (χ3v) is 2.82. The zero-order chi connectivity index (χ0) is 10.1. The van der Waals surface area contributed by atoms with Gasteiger partial charge in [-0.25, -0.2) is 0 Å². The van der Waals surface area contributed by atoms with E-state index in [1.54, 1.807) is 0 Å². The van der Waals surface area contributed by atoms with E-state index in [1.807, 2.05) is 17.1 Å². The van der Waals surface area contributed by atoms with Gasteiger partial charge in [0, 0.05) is 31.6 Å². The van der Waals surface area contributed by atoms with Gasteiger partial charge in [0.2, 0.25) is 0 Å². The van der Waals surface area contributed by atoms with Crippen LogP contribution in [0.3, 0.4) is 0 Å². The van der Waals surface area contributed by atoms with Crippen LogP contribution in [0.2, 0.25) is 0 Å². The summed E-state index contributed by atoms with van der Waals surface area (Å²) >= 11 is 0. The molecular weight excluding hydrogens is 188 g/mol. The fraction of sp³-hybridized carbons (Fsp3) is 0.364. The Balaban J connectivity index is 2.02. The van der Waals surface area contributed by atoms with Gasteiger partial charge in [0.25, 0.3) is 0 Å². The van der Waals surface area contributed by atoms with Crippen molar-refractivity contribution >= 4 is 10.9 Å². The average Bonchev–Trinajstić information content (AvgIpc) is 2.74. The third-order valence-electron chi connectivity index (χ3n) is 2.82. The van der Waals surface area contributed by atoms with E-state index in [9.17, 15) is 0 Å². The highest BCUT2D eigenvalue weighted by atomic mass is 15.7. The number of hydrogen-bond acceptors (Lipinski definition) is 3. The molecule has 15 heavy (non-hydrogen) atoms. The summed E-state index contributed by atoms with van der Waals surface area (Å²) in [4.78, 5) is 2.02. The second-order valence-corrected chi connectivity index (χ2v) is 3.80. The molecule has 1 saturated heterocycles. The molecule has 2 heterocycles. The van der Waals surface area contributed by atoms with E-state index in [1.165, 1.54) is 10.9 Å². The molecule has 1 aromatic carbocycles. The van der Waals surface area contributed by atoms with Crippen molar-refractivity contribution in [2.45, 2.75) is 0 Å². The van der Waals surface area contributed by atoms with Crippen LogP contribution in [0.5, 0.6) is 0 Å². The molecule has 4 heteroatoms. The topological polar surface area (TPSA) is 33.1 Å². The fourth-order valence-corrected chi connectivity index (χ4v) is 2.03. The molecule has 2 aromatic rings. The monoisotopic (exact) mass is 202 g/mol. The maximum absolute atomic E-state index is 4.43. The van der Waals surface area contributed by atoms with E-state index < -0.39 is 0 Å². The van der Waals surface area contributed by atoms with Gasteiger partial charge < -0.3 is 5.32 Å². The number of piperazine rings is 1. The predicted octanol–water partition coefficient (Wildman–Crippen LogP) is 0.577. The molecule has 4 nitrogen and oxygen atoms in total. The lowest BCUT2D eigenvalue weighted by molar-refractivity contribution is 0.470. The van der Waals surface area contributed by atoms with Gasteiger partial charge in [-0.2, -0.15) is 9.89 Å². The Bertz CT molecular complexity index is 456. The van der Waals surface area contributed by atoms with Crippen LogP contribution in [0.4, 0.5) is 0 Å². The van der Waals surface area contributed by atoms with E-state index in [0.717, 1.165) is 26.2 Å². The molecule has 78 valence electrons. The molecule has 0 spiro atoms. The molecule has 0 saturated carbocycles. The molecule has 0 bridgehead atoms. The quantitative estimate of drug-likeness (QED) is 0.734. The maximum Gasteiger partial charge on any atom is 0.0920 e. The lowest BCUT2D eigenvalue weighted by atomic mass is 10.3. The molecular formula is C11H14N4. The number of benzene rings is 1. The van der Waals surface area contributed by atoms with E-state index in [2.05, 4.69) is 33.6 Å². The zero-order valence-corrected chi connectivity index (χ0v) is 8.56. The van der Waals surface area contributed by atoms with Crippen molar-refractivity contribution in [2.75, 3.05) is 31.2 Å². The number of nitrogens with zero attached hydrogens (tertiary/aromatic N) is 3. The van der Waals surface area contributed by atoms with Gasteiger partial charge >= 0.3 is 0 Å². The Morgan fingerprint density at radius 1 is 1.13 bits per heavy atom. The third kappa shape index (κ3) is 1.47. The summed E-state index contributed by atoms with van der Waals surface area (Å²) in [6.45, 7) is 4.11. The first-order valence-electron chi connectivity index (χ1n) is 5.34. The number of rotatable bonds is 1.